The van der Waals surface area contributed by atoms with Crippen LogP contribution in [0.3, 0.4) is 0 Å². The first-order valence-corrected chi connectivity index (χ1v) is 5.03. The summed E-state index contributed by atoms with van der Waals surface area (Å²) < 4.78 is 0. The highest BCUT2D eigenvalue weighted by molar-refractivity contribution is 5.99. The van der Waals surface area contributed by atoms with Crippen molar-refractivity contribution < 1.29 is 4.79 Å². The molecule has 1 atom stereocenters. The predicted octanol–water partition coefficient (Wildman–Crippen LogP) is 1.71. The van der Waals surface area contributed by atoms with Crippen LogP contribution in [0.4, 0.5) is 0 Å². The third kappa shape index (κ3) is 1.70. The van der Waals surface area contributed by atoms with E-state index in [1.807, 2.05) is 12.1 Å². The molecule has 2 rings (SSSR count). The van der Waals surface area contributed by atoms with Crippen LogP contribution < -0.4 is 5.32 Å². The van der Waals surface area contributed by atoms with Crippen molar-refractivity contribution >= 4 is 5.78 Å². The van der Waals surface area contributed by atoms with Crippen LogP contribution >= 0.6 is 0 Å². The number of ketones is 1. The first-order valence-electron chi connectivity index (χ1n) is 5.03. The zero-order valence-corrected chi connectivity index (χ0v) is 8.63. The minimum Gasteiger partial charge on any atom is -0.307 e. The molecule has 0 radical (unpaired) electrons. The molecular weight excluding hydrogens is 174 g/mol. The maximum Gasteiger partial charge on any atom is 0.176 e. The van der Waals surface area contributed by atoms with Crippen molar-refractivity contribution in [3.8, 4) is 0 Å². The summed E-state index contributed by atoms with van der Waals surface area (Å²) in [4.78, 5) is 11.7. The van der Waals surface area contributed by atoms with Gasteiger partial charge in [0.15, 0.2) is 5.78 Å². The summed E-state index contributed by atoms with van der Waals surface area (Å²) in [6.45, 7) is 4.65. The molecular formula is C12H15NO. The second-order valence-electron chi connectivity index (χ2n) is 4.07. The molecule has 1 unspecified atom stereocenters. The molecule has 1 aliphatic heterocycles. The van der Waals surface area contributed by atoms with Gasteiger partial charge in [-0.3, -0.25) is 4.79 Å². The Labute approximate surface area is 84.3 Å². The zero-order chi connectivity index (χ0) is 10.1. The standard InChI is InChI=1S/C12H15NO/c1-8-3-4-11-10(5-8)6-9(2)13-7-12(11)14/h3-5,9,13H,6-7H2,1-2H3. The second kappa shape index (κ2) is 3.54. The van der Waals surface area contributed by atoms with Crippen molar-refractivity contribution in [1.29, 1.82) is 0 Å². The highest BCUT2D eigenvalue weighted by atomic mass is 16.1. The molecule has 1 aromatic rings. The molecule has 1 heterocycles. The van der Waals surface area contributed by atoms with Crippen molar-refractivity contribution in [3.63, 3.8) is 0 Å². The average molecular weight is 189 g/mol. The monoisotopic (exact) mass is 189 g/mol. The van der Waals surface area contributed by atoms with E-state index in [1.165, 1.54) is 11.1 Å². The summed E-state index contributed by atoms with van der Waals surface area (Å²) in [6, 6.07) is 6.47. The largest absolute Gasteiger partial charge is 0.307 e. The van der Waals surface area contributed by atoms with Gasteiger partial charge in [0.05, 0.1) is 6.54 Å². The van der Waals surface area contributed by atoms with E-state index in [1.54, 1.807) is 0 Å². The van der Waals surface area contributed by atoms with Crippen LogP contribution in [0, 0.1) is 6.92 Å². The summed E-state index contributed by atoms with van der Waals surface area (Å²) >= 11 is 0. The number of carbonyl (C=O) groups is 1. The molecule has 1 aromatic carbocycles. The van der Waals surface area contributed by atoms with Crippen molar-refractivity contribution in [2.24, 2.45) is 0 Å². The lowest BCUT2D eigenvalue weighted by atomic mass is 9.98. The fraction of sp³-hybridized carbons (Fsp3) is 0.417. The Hall–Kier alpha value is -1.15. The van der Waals surface area contributed by atoms with Gasteiger partial charge in [-0.15, -0.1) is 0 Å². The Balaban J connectivity index is 2.47. The Morgan fingerprint density at radius 3 is 3.00 bits per heavy atom. The quantitative estimate of drug-likeness (QED) is 0.673. The van der Waals surface area contributed by atoms with E-state index in [0.29, 0.717) is 12.6 Å². The molecule has 0 aromatic heterocycles. The van der Waals surface area contributed by atoms with Crippen molar-refractivity contribution in [1.82, 2.24) is 5.32 Å². The molecule has 2 nitrogen and oxygen atoms in total. The first kappa shape index (κ1) is 9.41. The summed E-state index contributed by atoms with van der Waals surface area (Å²) in [6.07, 6.45) is 0.947. The van der Waals surface area contributed by atoms with Gasteiger partial charge in [-0.05, 0) is 25.8 Å². The Morgan fingerprint density at radius 2 is 2.21 bits per heavy atom. The molecule has 2 heteroatoms. The highest BCUT2D eigenvalue weighted by Crippen LogP contribution is 2.16. The fourth-order valence-electron chi connectivity index (χ4n) is 1.93. The van der Waals surface area contributed by atoms with E-state index < -0.39 is 0 Å². The summed E-state index contributed by atoms with van der Waals surface area (Å²) in [5.41, 5.74) is 3.31. The lowest BCUT2D eigenvalue weighted by molar-refractivity contribution is 0.0991. The van der Waals surface area contributed by atoms with Crippen molar-refractivity contribution in [3.05, 3.63) is 34.9 Å². The average Bonchev–Trinajstić information content (AvgIpc) is 2.26. The van der Waals surface area contributed by atoms with Crippen molar-refractivity contribution in [2.75, 3.05) is 6.54 Å². The molecule has 0 aliphatic carbocycles. The van der Waals surface area contributed by atoms with Gasteiger partial charge in [-0.2, -0.15) is 0 Å². The predicted molar refractivity (Wildman–Crippen MR) is 56.7 cm³/mol. The van der Waals surface area contributed by atoms with Gasteiger partial charge >= 0.3 is 0 Å². The minimum absolute atomic E-state index is 0.212. The summed E-state index contributed by atoms with van der Waals surface area (Å²) in [5.74, 6) is 0.212. The second-order valence-corrected chi connectivity index (χ2v) is 4.07. The highest BCUT2D eigenvalue weighted by Gasteiger charge is 2.18. The maximum absolute atomic E-state index is 11.7. The molecule has 14 heavy (non-hydrogen) atoms. The molecule has 0 bridgehead atoms. The van der Waals surface area contributed by atoms with E-state index >= 15 is 0 Å². The number of carbonyl (C=O) groups excluding carboxylic acids is 1. The van der Waals surface area contributed by atoms with Crippen LogP contribution in [-0.4, -0.2) is 18.4 Å². The van der Waals surface area contributed by atoms with Crippen LogP contribution in [0.5, 0.6) is 0 Å². The molecule has 0 saturated heterocycles. The van der Waals surface area contributed by atoms with Gasteiger partial charge in [-0.1, -0.05) is 23.8 Å². The van der Waals surface area contributed by atoms with E-state index in [-0.39, 0.29) is 5.78 Å². The summed E-state index contributed by atoms with van der Waals surface area (Å²) in [7, 11) is 0. The SMILES string of the molecule is Cc1ccc2c(c1)CC(C)NCC2=O. The lowest BCUT2D eigenvalue weighted by Gasteiger charge is -2.08. The van der Waals surface area contributed by atoms with Crippen LogP contribution in [0.1, 0.15) is 28.4 Å². The number of hydrogen-bond donors (Lipinski definition) is 1. The number of rotatable bonds is 0. The molecule has 0 saturated carbocycles. The Morgan fingerprint density at radius 1 is 1.43 bits per heavy atom. The molecule has 0 fully saturated rings. The number of Topliss-reactive ketones (excluding diaryl/α,β-unsaturated/α-hetero) is 1. The third-order valence-electron chi connectivity index (χ3n) is 2.70. The Kier molecular flexibility index (Phi) is 2.38. The lowest BCUT2D eigenvalue weighted by Crippen LogP contribution is -2.29. The molecule has 1 aliphatic rings. The van der Waals surface area contributed by atoms with Crippen molar-refractivity contribution in [2.45, 2.75) is 26.3 Å². The van der Waals surface area contributed by atoms with E-state index in [2.05, 4.69) is 25.2 Å². The number of hydrogen-bond acceptors (Lipinski definition) is 2. The van der Waals surface area contributed by atoms with Crippen LogP contribution in [0.25, 0.3) is 0 Å². The third-order valence-corrected chi connectivity index (χ3v) is 2.70. The topological polar surface area (TPSA) is 29.1 Å². The molecule has 0 amide bonds. The zero-order valence-electron chi connectivity index (χ0n) is 8.63. The van der Waals surface area contributed by atoms with Gasteiger partial charge in [0.1, 0.15) is 0 Å². The van der Waals surface area contributed by atoms with E-state index in [9.17, 15) is 4.79 Å². The van der Waals surface area contributed by atoms with Crippen LogP contribution in [0.15, 0.2) is 18.2 Å². The Bertz CT molecular complexity index is 371. The molecule has 74 valence electrons. The smallest absolute Gasteiger partial charge is 0.176 e. The van der Waals surface area contributed by atoms with Crippen LogP contribution in [0.2, 0.25) is 0 Å². The normalized spacial score (nSPS) is 21.6. The number of nitrogens with one attached hydrogen (secondary N) is 1. The minimum atomic E-state index is 0.212. The maximum atomic E-state index is 11.7. The van der Waals surface area contributed by atoms with Gasteiger partial charge < -0.3 is 5.32 Å². The number of benzene rings is 1. The number of aryl methyl sites for hydroxylation is 1. The van der Waals surface area contributed by atoms with E-state index in [0.717, 1.165) is 12.0 Å². The molecule has 0 spiro atoms. The summed E-state index contributed by atoms with van der Waals surface area (Å²) in [5, 5.41) is 3.21. The van der Waals surface area contributed by atoms with Crippen LogP contribution in [-0.2, 0) is 6.42 Å². The fourth-order valence-corrected chi connectivity index (χ4v) is 1.93. The molecule has 1 N–H and O–H groups in total. The van der Waals surface area contributed by atoms with E-state index in [4.69, 9.17) is 0 Å². The van der Waals surface area contributed by atoms with Gasteiger partial charge in [0.25, 0.3) is 0 Å². The number of fused-ring (bicyclic) bond motifs is 1. The first-order chi connectivity index (χ1) is 6.66. The van der Waals surface area contributed by atoms with Gasteiger partial charge in [0.2, 0.25) is 0 Å². The van der Waals surface area contributed by atoms with Gasteiger partial charge in [-0.25, -0.2) is 0 Å². The van der Waals surface area contributed by atoms with Gasteiger partial charge in [0, 0.05) is 11.6 Å².